The lowest BCUT2D eigenvalue weighted by Gasteiger charge is -2.24. The number of nitrogens with zero attached hydrogens (tertiary/aromatic N) is 5. The Hall–Kier alpha value is -9.59. The zero-order valence-electron chi connectivity index (χ0n) is 49.4. The number of fused-ring (bicyclic) bond motifs is 8. The van der Waals surface area contributed by atoms with Gasteiger partial charge in [0.25, 0.3) is 0 Å². The molecule has 0 amide bonds. The standard InChI is InChI=1S/C77H67N5O2/c1-44(2)59-36-54(50-22-13-11-14-23-50)37-60(45(3)4)73(59)81-70-30-19-17-28-68(70)79-76(81)53-26-21-27-56(35-53)83-57-41-66-65-43-63-52(32-33-58-49(10)78-48(9)34-64(58)63)40-72(65)84-75(66)67(42-57)77-80-69-29-18-20-31-71(69)82(77)74-61(46(5)6)38-55(39-62(74)47(7)8)51-24-15-12-16-25-51/h11-47H,1-10H3. The average molecular weight is 1090 g/mol. The zero-order chi connectivity index (χ0) is 57.7. The van der Waals surface area contributed by atoms with E-state index < -0.39 is 0 Å². The van der Waals surface area contributed by atoms with Gasteiger partial charge in [0, 0.05) is 33.1 Å². The molecular weight excluding hydrogens is 1030 g/mol. The topological polar surface area (TPSA) is 70.9 Å². The molecule has 0 fully saturated rings. The number of hydrogen-bond acceptors (Lipinski definition) is 5. The molecule has 0 spiro atoms. The lowest BCUT2D eigenvalue weighted by molar-refractivity contribution is 0.483. The van der Waals surface area contributed by atoms with Crippen molar-refractivity contribution < 1.29 is 9.15 Å². The van der Waals surface area contributed by atoms with Crippen LogP contribution in [0.25, 0.3) is 122 Å². The van der Waals surface area contributed by atoms with Crippen LogP contribution in [0.1, 0.15) is 113 Å². The Morgan fingerprint density at radius 2 is 0.905 bits per heavy atom. The molecule has 4 heterocycles. The minimum absolute atomic E-state index is 0.184. The molecule has 7 nitrogen and oxygen atoms in total. The first-order valence-corrected chi connectivity index (χ1v) is 29.7. The third kappa shape index (κ3) is 8.92. The second kappa shape index (κ2) is 20.7. The van der Waals surface area contributed by atoms with Gasteiger partial charge in [-0.25, -0.2) is 9.97 Å². The first kappa shape index (κ1) is 52.5. The van der Waals surface area contributed by atoms with E-state index in [1.165, 1.54) is 55.6 Å². The molecule has 0 atom stereocenters. The summed E-state index contributed by atoms with van der Waals surface area (Å²) < 4.78 is 19.4. The number of furan rings is 1. The van der Waals surface area contributed by atoms with Crippen LogP contribution in [0.5, 0.6) is 11.5 Å². The molecular formula is C77H67N5O2. The van der Waals surface area contributed by atoms with Crippen molar-refractivity contribution >= 4 is 65.6 Å². The van der Waals surface area contributed by atoms with Gasteiger partial charge < -0.3 is 9.15 Å². The summed E-state index contributed by atoms with van der Waals surface area (Å²) in [6.45, 7) is 22.6. The summed E-state index contributed by atoms with van der Waals surface area (Å²) in [5, 5.41) is 6.47. The van der Waals surface area contributed by atoms with Crippen molar-refractivity contribution in [3.05, 3.63) is 234 Å². The van der Waals surface area contributed by atoms with Crippen molar-refractivity contribution in [3.8, 4) is 67.9 Å². The second-order valence-corrected chi connectivity index (χ2v) is 24.0. The van der Waals surface area contributed by atoms with Crippen molar-refractivity contribution in [2.75, 3.05) is 0 Å². The van der Waals surface area contributed by atoms with Gasteiger partial charge in [-0.2, -0.15) is 0 Å². The molecule has 0 aliphatic carbocycles. The van der Waals surface area contributed by atoms with Gasteiger partial charge in [-0.05, 0) is 189 Å². The number of para-hydroxylation sites is 4. The normalized spacial score (nSPS) is 12.1. The highest BCUT2D eigenvalue weighted by Gasteiger charge is 2.28. The van der Waals surface area contributed by atoms with Crippen LogP contribution < -0.4 is 4.74 Å². The van der Waals surface area contributed by atoms with E-state index in [-0.39, 0.29) is 23.7 Å². The van der Waals surface area contributed by atoms with Gasteiger partial charge in [0.1, 0.15) is 34.3 Å². The van der Waals surface area contributed by atoms with Crippen molar-refractivity contribution in [1.29, 1.82) is 0 Å². The van der Waals surface area contributed by atoms with Crippen molar-refractivity contribution in [3.63, 3.8) is 0 Å². The monoisotopic (exact) mass is 1090 g/mol. The minimum Gasteiger partial charge on any atom is -0.457 e. The first-order valence-electron chi connectivity index (χ1n) is 29.7. The van der Waals surface area contributed by atoms with Gasteiger partial charge in [-0.3, -0.25) is 14.1 Å². The summed E-state index contributed by atoms with van der Waals surface area (Å²) in [4.78, 5) is 16.0. The molecule has 0 aliphatic heterocycles. The number of aromatic nitrogens is 5. The maximum Gasteiger partial charge on any atom is 0.149 e. The van der Waals surface area contributed by atoms with Crippen LogP contribution in [-0.2, 0) is 0 Å². The maximum atomic E-state index is 7.31. The minimum atomic E-state index is 0.184. The third-order valence-electron chi connectivity index (χ3n) is 17.0. The van der Waals surface area contributed by atoms with Gasteiger partial charge in [0.15, 0.2) is 0 Å². The Labute approximate surface area is 490 Å². The zero-order valence-corrected chi connectivity index (χ0v) is 49.4. The van der Waals surface area contributed by atoms with Crippen LogP contribution in [0.2, 0.25) is 0 Å². The number of rotatable bonds is 12. The maximum absolute atomic E-state index is 7.31. The van der Waals surface area contributed by atoms with Crippen LogP contribution in [0.3, 0.4) is 0 Å². The highest BCUT2D eigenvalue weighted by atomic mass is 16.5. The van der Waals surface area contributed by atoms with Gasteiger partial charge in [-0.1, -0.05) is 165 Å². The molecule has 0 N–H and O–H groups in total. The predicted octanol–water partition coefficient (Wildman–Crippen LogP) is 21.5. The van der Waals surface area contributed by atoms with E-state index in [9.17, 15) is 0 Å². The second-order valence-electron chi connectivity index (χ2n) is 24.0. The summed E-state index contributed by atoms with van der Waals surface area (Å²) >= 11 is 0. The summed E-state index contributed by atoms with van der Waals surface area (Å²) in [5.41, 5.74) is 21.4. The van der Waals surface area contributed by atoms with E-state index in [2.05, 4.69) is 272 Å². The number of pyridine rings is 1. The van der Waals surface area contributed by atoms with Crippen LogP contribution in [0.4, 0.5) is 0 Å². The fourth-order valence-corrected chi connectivity index (χ4v) is 12.9. The van der Waals surface area contributed by atoms with Crippen LogP contribution >= 0.6 is 0 Å². The third-order valence-corrected chi connectivity index (χ3v) is 17.0. The highest BCUT2D eigenvalue weighted by molar-refractivity contribution is 6.18. The Bertz CT molecular complexity index is 4840. The molecule has 14 aromatic rings. The predicted molar refractivity (Wildman–Crippen MR) is 350 cm³/mol. The van der Waals surface area contributed by atoms with Gasteiger partial charge in [-0.15, -0.1) is 0 Å². The number of hydrogen-bond donors (Lipinski definition) is 0. The van der Waals surface area contributed by atoms with Gasteiger partial charge >= 0.3 is 0 Å². The fraction of sp³-hybridized carbons (Fsp3) is 0.182. The molecule has 0 bridgehead atoms. The number of aryl methyl sites for hydroxylation is 2. The number of benzene rings is 10. The number of ether oxygens (including phenoxy) is 1. The molecule has 84 heavy (non-hydrogen) atoms. The van der Waals surface area contributed by atoms with Crippen LogP contribution in [-0.4, -0.2) is 24.1 Å². The van der Waals surface area contributed by atoms with Crippen molar-refractivity contribution in [1.82, 2.24) is 24.1 Å². The van der Waals surface area contributed by atoms with Crippen LogP contribution in [0.15, 0.2) is 205 Å². The summed E-state index contributed by atoms with van der Waals surface area (Å²) in [7, 11) is 0. The fourth-order valence-electron chi connectivity index (χ4n) is 12.9. The van der Waals surface area contributed by atoms with E-state index >= 15 is 0 Å². The average Bonchev–Trinajstić information content (AvgIpc) is 2.21. The molecule has 0 radical (unpaired) electrons. The molecule has 0 saturated heterocycles. The lowest BCUT2D eigenvalue weighted by atomic mass is 9.88. The molecule has 14 rings (SSSR count). The SMILES string of the molecule is Cc1cc2c(ccc3cc4oc5c(-c6nc7ccccc7n6-c6c(C(C)C)cc(-c7ccccc7)cc6C(C)C)cc(Oc6cccc(-c7nc8ccccc8n7-c7c(C(C)C)cc(-c8ccccc8)cc7C(C)C)c6)cc5c4cc32)c(C)n1. The van der Waals surface area contributed by atoms with E-state index in [0.29, 0.717) is 11.5 Å². The van der Waals surface area contributed by atoms with Crippen LogP contribution in [0, 0.1) is 13.8 Å². The Kier molecular flexibility index (Phi) is 12.9. The van der Waals surface area contributed by atoms with E-state index in [0.717, 1.165) is 100 Å². The largest absolute Gasteiger partial charge is 0.457 e. The molecule has 4 aromatic heterocycles. The highest BCUT2D eigenvalue weighted by Crippen LogP contribution is 2.47. The Balaban J connectivity index is 1.000. The number of imidazole rings is 2. The van der Waals surface area contributed by atoms with Gasteiger partial charge in [0.2, 0.25) is 0 Å². The van der Waals surface area contributed by atoms with E-state index in [1.807, 2.05) is 6.07 Å². The molecule has 412 valence electrons. The molecule has 10 aromatic carbocycles. The van der Waals surface area contributed by atoms with Gasteiger partial charge in [0.05, 0.1) is 39.0 Å². The van der Waals surface area contributed by atoms with Crippen molar-refractivity contribution in [2.45, 2.75) is 92.9 Å². The summed E-state index contributed by atoms with van der Waals surface area (Å²) in [5.74, 6) is 3.79. The Morgan fingerprint density at radius 3 is 1.48 bits per heavy atom. The lowest BCUT2D eigenvalue weighted by Crippen LogP contribution is -2.09. The summed E-state index contributed by atoms with van der Waals surface area (Å²) in [6.07, 6.45) is 0. The molecule has 0 aliphatic rings. The molecule has 7 heteroatoms. The van der Waals surface area contributed by atoms with E-state index in [1.54, 1.807) is 0 Å². The molecule has 0 unspecified atom stereocenters. The summed E-state index contributed by atoms with van der Waals surface area (Å²) in [6, 6.07) is 71.9. The first-order chi connectivity index (χ1) is 40.8. The smallest absolute Gasteiger partial charge is 0.149 e. The molecule has 0 saturated carbocycles. The van der Waals surface area contributed by atoms with E-state index in [4.69, 9.17) is 24.1 Å². The van der Waals surface area contributed by atoms with Crippen molar-refractivity contribution in [2.24, 2.45) is 0 Å². The quantitative estimate of drug-likeness (QED) is 0.114. The Morgan fingerprint density at radius 1 is 0.381 bits per heavy atom.